The molecule has 2 aromatic rings. The zero-order valence-electron chi connectivity index (χ0n) is 12.2. The first-order chi connectivity index (χ1) is 10.9. The van der Waals surface area contributed by atoms with Crippen LogP contribution in [0, 0.1) is 0 Å². The van der Waals surface area contributed by atoms with E-state index in [-0.39, 0.29) is 16.7 Å². The van der Waals surface area contributed by atoms with Crippen LogP contribution in [-0.2, 0) is 14.8 Å². The predicted octanol–water partition coefficient (Wildman–Crippen LogP) is 2.55. The Bertz CT molecular complexity index is 850. The molecule has 3 N–H and O–H groups in total. The Hall–Kier alpha value is -1.83. The van der Waals surface area contributed by atoms with Crippen LogP contribution in [-0.4, -0.2) is 20.1 Å². The maximum Gasteiger partial charge on any atom is 0.238 e. The predicted molar refractivity (Wildman–Crippen MR) is 91.0 cm³/mol. The number of primary sulfonamides is 1. The Morgan fingerprint density at radius 2 is 1.96 bits per heavy atom. The molecule has 1 aliphatic rings. The molecule has 1 aliphatic heterocycles. The number of rotatable bonds is 3. The number of hydrogen-bond acceptors (Lipinski definition) is 4. The molecule has 0 aliphatic carbocycles. The van der Waals surface area contributed by atoms with Gasteiger partial charge in [-0.1, -0.05) is 24.3 Å². The molecule has 0 bridgehead atoms. The molecule has 3 rings (SSSR count). The lowest BCUT2D eigenvalue weighted by atomic mass is 9.95. The summed E-state index contributed by atoms with van der Waals surface area (Å²) in [6, 6.07) is 13.8. The highest BCUT2D eigenvalue weighted by molar-refractivity contribution is 7.99. The van der Waals surface area contributed by atoms with Crippen molar-refractivity contribution < 1.29 is 13.2 Å². The first-order valence-electron chi connectivity index (χ1n) is 7.10. The van der Waals surface area contributed by atoms with Gasteiger partial charge in [0.25, 0.3) is 0 Å². The molecule has 0 radical (unpaired) electrons. The van der Waals surface area contributed by atoms with E-state index in [1.54, 1.807) is 23.9 Å². The first kappa shape index (κ1) is 16.0. The number of sulfonamides is 1. The van der Waals surface area contributed by atoms with Crippen molar-refractivity contribution >= 4 is 33.4 Å². The SMILES string of the molecule is NS(=O)(=O)c1cccc(NC(=O)[C@@H]2CCSc3ccccc32)c1. The lowest BCUT2D eigenvalue weighted by Crippen LogP contribution is -2.24. The second kappa shape index (κ2) is 6.35. The Balaban J connectivity index is 1.84. The van der Waals surface area contributed by atoms with E-state index in [1.807, 2.05) is 24.3 Å². The summed E-state index contributed by atoms with van der Waals surface area (Å²) in [5.74, 6) is 0.515. The second-order valence-corrected chi connectivity index (χ2v) is 7.99. The number of nitrogens with one attached hydrogen (secondary N) is 1. The van der Waals surface area contributed by atoms with Crippen molar-refractivity contribution in [1.29, 1.82) is 0 Å². The minimum absolute atomic E-state index is 0.0186. The fourth-order valence-electron chi connectivity index (χ4n) is 2.59. The summed E-state index contributed by atoms with van der Waals surface area (Å²) in [6.07, 6.45) is 0.752. The van der Waals surface area contributed by atoms with E-state index in [0.29, 0.717) is 5.69 Å². The summed E-state index contributed by atoms with van der Waals surface area (Å²) in [7, 11) is -3.79. The number of carbonyl (C=O) groups excluding carboxylic acids is 1. The van der Waals surface area contributed by atoms with Crippen LogP contribution in [0.5, 0.6) is 0 Å². The third kappa shape index (κ3) is 3.57. The van der Waals surface area contributed by atoms with Gasteiger partial charge in [-0.25, -0.2) is 13.6 Å². The third-order valence-corrected chi connectivity index (χ3v) is 5.74. The second-order valence-electron chi connectivity index (χ2n) is 5.29. The fraction of sp³-hybridized carbons (Fsp3) is 0.188. The van der Waals surface area contributed by atoms with Crippen LogP contribution in [0.4, 0.5) is 5.69 Å². The van der Waals surface area contributed by atoms with Gasteiger partial charge in [0.1, 0.15) is 0 Å². The largest absolute Gasteiger partial charge is 0.326 e. The Morgan fingerprint density at radius 3 is 2.74 bits per heavy atom. The molecule has 1 atom stereocenters. The van der Waals surface area contributed by atoms with E-state index in [2.05, 4.69) is 5.32 Å². The van der Waals surface area contributed by atoms with Crippen molar-refractivity contribution in [2.75, 3.05) is 11.1 Å². The molecular formula is C16H16N2O3S2. The highest BCUT2D eigenvalue weighted by Gasteiger charge is 2.26. The molecule has 7 heteroatoms. The molecule has 0 unspecified atom stereocenters. The topological polar surface area (TPSA) is 89.3 Å². The molecule has 0 aromatic heterocycles. The molecule has 23 heavy (non-hydrogen) atoms. The summed E-state index contributed by atoms with van der Waals surface area (Å²) in [5, 5.41) is 7.92. The Kier molecular flexibility index (Phi) is 4.43. The van der Waals surface area contributed by atoms with E-state index in [0.717, 1.165) is 22.6 Å². The van der Waals surface area contributed by atoms with E-state index < -0.39 is 10.0 Å². The van der Waals surface area contributed by atoms with Gasteiger partial charge in [0.2, 0.25) is 15.9 Å². The molecule has 0 spiro atoms. The maximum atomic E-state index is 12.6. The van der Waals surface area contributed by atoms with Gasteiger partial charge in [0.15, 0.2) is 0 Å². The summed E-state index contributed by atoms with van der Waals surface area (Å²) in [4.78, 5) is 13.7. The van der Waals surface area contributed by atoms with Crippen molar-refractivity contribution in [3.8, 4) is 0 Å². The summed E-state index contributed by atoms with van der Waals surface area (Å²) in [5.41, 5.74) is 1.45. The van der Waals surface area contributed by atoms with Gasteiger partial charge in [-0.2, -0.15) is 0 Å². The number of nitrogens with two attached hydrogens (primary N) is 1. The lowest BCUT2D eigenvalue weighted by molar-refractivity contribution is -0.117. The zero-order valence-corrected chi connectivity index (χ0v) is 13.9. The number of benzene rings is 2. The summed E-state index contributed by atoms with van der Waals surface area (Å²) < 4.78 is 22.8. The molecule has 0 saturated carbocycles. The standard InChI is InChI=1S/C16H16N2O3S2/c17-23(20,21)12-5-3-4-11(10-12)18-16(19)14-8-9-22-15-7-2-1-6-13(14)15/h1-7,10,14H,8-9H2,(H,18,19)(H2,17,20,21)/t14-/m1/s1. The van der Waals surface area contributed by atoms with Gasteiger partial charge in [0, 0.05) is 10.6 Å². The molecule has 120 valence electrons. The van der Waals surface area contributed by atoms with Crippen LogP contribution < -0.4 is 10.5 Å². The summed E-state index contributed by atoms with van der Waals surface area (Å²) >= 11 is 1.75. The fourth-order valence-corrected chi connectivity index (χ4v) is 4.28. The number of hydrogen-bond donors (Lipinski definition) is 2. The van der Waals surface area contributed by atoms with Crippen LogP contribution in [0.1, 0.15) is 17.9 Å². The van der Waals surface area contributed by atoms with Gasteiger partial charge < -0.3 is 5.32 Å². The highest BCUT2D eigenvalue weighted by Crippen LogP contribution is 2.37. The highest BCUT2D eigenvalue weighted by atomic mass is 32.2. The Morgan fingerprint density at radius 1 is 1.17 bits per heavy atom. The van der Waals surface area contributed by atoms with Crippen LogP contribution in [0.3, 0.4) is 0 Å². The van der Waals surface area contributed by atoms with Gasteiger partial charge >= 0.3 is 0 Å². The quantitative estimate of drug-likeness (QED) is 0.892. The number of anilines is 1. The molecule has 0 saturated heterocycles. The number of amides is 1. The molecule has 5 nitrogen and oxygen atoms in total. The Labute approximate surface area is 139 Å². The normalized spacial score (nSPS) is 17.3. The number of carbonyl (C=O) groups is 1. The van der Waals surface area contributed by atoms with Crippen molar-refractivity contribution in [3.05, 3.63) is 54.1 Å². The number of fused-ring (bicyclic) bond motifs is 1. The van der Waals surface area contributed by atoms with Gasteiger partial charge in [-0.3, -0.25) is 4.79 Å². The van der Waals surface area contributed by atoms with Crippen molar-refractivity contribution in [1.82, 2.24) is 0 Å². The van der Waals surface area contributed by atoms with Gasteiger partial charge in [-0.15, -0.1) is 11.8 Å². The first-order valence-corrected chi connectivity index (χ1v) is 9.64. The van der Waals surface area contributed by atoms with Crippen molar-refractivity contribution in [3.63, 3.8) is 0 Å². The average Bonchev–Trinajstić information content (AvgIpc) is 2.53. The zero-order chi connectivity index (χ0) is 16.4. The number of thioether (sulfide) groups is 1. The van der Waals surface area contributed by atoms with Crippen molar-refractivity contribution in [2.24, 2.45) is 5.14 Å². The monoisotopic (exact) mass is 348 g/mol. The van der Waals surface area contributed by atoms with E-state index in [1.165, 1.54) is 12.1 Å². The van der Waals surface area contributed by atoms with E-state index >= 15 is 0 Å². The van der Waals surface area contributed by atoms with Crippen LogP contribution >= 0.6 is 11.8 Å². The van der Waals surface area contributed by atoms with Gasteiger partial charge in [-0.05, 0) is 42.0 Å². The van der Waals surface area contributed by atoms with E-state index in [4.69, 9.17) is 5.14 Å². The van der Waals surface area contributed by atoms with Crippen LogP contribution in [0.2, 0.25) is 0 Å². The third-order valence-electron chi connectivity index (χ3n) is 3.71. The molecule has 0 fully saturated rings. The minimum Gasteiger partial charge on any atom is -0.326 e. The van der Waals surface area contributed by atoms with Crippen LogP contribution in [0.15, 0.2) is 58.3 Å². The summed E-state index contributed by atoms with van der Waals surface area (Å²) in [6.45, 7) is 0. The molecule has 1 amide bonds. The average molecular weight is 348 g/mol. The maximum absolute atomic E-state index is 12.6. The van der Waals surface area contributed by atoms with E-state index in [9.17, 15) is 13.2 Å². The lowest BCUT2D eigenvalue weighted by Gasteiger charge is -2.24. The smallest absolute Gasteiger partial charge is 0.238 e. The van der Waals surface area contributed by atoms with Crippen molar-refractivity contribution in [2.45, 2.75) is 22.1 Å². The molecule has 2 aromatic carbocycles. The molecular weight excluding hydrogens is 332 g/mol. The van der Waals surface area contributed by atoms with Gasteiger partial charge in [0.05, 0.1) is 10.8 Å². The molecule has 1 heterocycles. The minimum atomic E-state index is -3.79. The van der Waals surface area contributed by atoms with Crippen LogP contribution in [0.25, 0.3) is 0 Å².